The quantitative estimate of drug-likeness (QED) is 0.827. The van der Waals surface area contributed by atoms with Crippen molar-refractivity contribution in [3.63, 3.8) is 0 Å². The fraction of sp³-hybridized carbons (Fsp3) is 0.778. The van der Waals surface area contributed by atoms with Crippen LogP contribution < -0.4 is 5.32 Å². The normalized spacial score (nSPS) is 21.5. The molecule has 1 atom stereocenters. The molecule has 6 heteroatoms. The summed E-state index contributed by atoms with van der Waals surface area (Å²) < 4.78 is 5.40. The number of hydrogen-bond acceptors (Lipinski definition) is 5. The Kier molecular flexibility index (Phi) is 4.14. The summed E-state index contributed by atoms with van der Waals surface area (Å²) in [5, 5.41) is 11.1. The van der Waals surface area contributed by atoms with Crippen LogP contribution >= 0.6 is 23.4 Å². The Hall–Kier alpha value is -0.420. The lowest BCUT2D eigenvalue weighted by atomic mass is 10.2. The molecule has 0 radical (unpaired) electrons. The van der Waals surface area contributed by atoms with Crippen molar-refractivity contribution in [2.45, 2.75) is 25.3 Å². The van der Waals surface area contributed by atoms with Crippen LogP contribution in [0.3, 0.4) is 0 Å². The van der Waals surface area contributed by atoms with Gasteiger partial charge in [0.2, 0.25) is 5.89 Å². The number of nitrogens with one attached hydrogen (secondary N) is 1. The molecular formula is C9H14ClN3OS. The van der Waals surface area contributed by atoms with E-state index < -0.39 is 0 Å². The maximum Gasteiger partial charge on any atom is 0.315 e. The van der Waals surface area contributed by atoms with Gasteiger partial charge in [-0.15, -0.1) is 16.7 Å². The van der Waals surface area contributed by atoms with Crippen LogP contribution in [0.2, 0.25) is 0 Å². The van der Waals surface area contributed by atoms with Gasteiger partial charge < -0.3 is 9.73 Å². The number of rotatable bonds is 4. The molecule has 1 aliphatic heterocycles. The van der Waals surface area contributed by atoms with Crippen LogP contribution in [0.4, 0.5) is 6.01 Å². The first-order chi connectivity index (χ1) is 7.38. The summed E-state index contributed by atoms with van der Waals surface area (Å²) in [6, 6.07) is 0.996. The van der Waals surface area contributed by atoms with Crippen LogP contribution in [0.1, 0.15) is 18.7 Å². The first-order valence-electron chi connectivity index (χ1n) is 5.11. The van der Waals surface area contributed by atoms with E-state index in [0.29, 0.717) is 30.2 Å². The minimum atomic E-state index is 0.466. The Balaban J connectivity index is 1.86. The molecule has 0 amide bonds. The number of anilines is 1. The summed E-state index contributed by atoms with van der Waals surface area (Å²) in [6.07, 6.45) is 3.07. The summed E-state index contributed by atoms with van der Waals surface area (Å²) in [6.45, 7) is 0. The Bertz CT molecular complexity index is 301. The third kappa shape index (κ3) is 3.28. The summed E-state index contributed by atoms with van der Waals surface area (Å²) in [5.41, 5.74) is 0. The van der Waals surface area contributed by atoms with E-state index in [1.54, 1.807) is 0 Å². The molecule has 84 valence electrons. The lowest BCUT2D eigenvalue weighted by Gasteiger charge is -2.20. The van der Waals surface area contributed by atoms with Crippen molar-refractivity contribution in [2.75, 3.05) is 22.7 Å². The van der Waals surface area contributed by atoms with Crippen molar-refractivity contribution in [3.8, 4) is 0 Å². The zero-order chi connectivity index (χ0) is 10.5. The van der Waals surface area contributed by atoms with E-state index in [4.69, 9.17) is 16.0 Å². The molecule has 0 spiro atoms. The molecule has 1 unspecified atom stereocenters. The Morgan fingerprint density at radius 1 is 1.53 bits per heavy atom. The molecule has 1 saturated heterocycles. The van der Waals surface area contributed by atoms with E-state index in [1.165, 1.54) is 18.6 Å². The summed E-state index contributed by atoms with van der Waals surface area (Å²) in [4.78, 5) is 0. The van der Waals surface area contributed by atoms with E-state index in [1.807, 2.05) is 11.8 Å². The van der Waals surface area contributed by atoms with Crippen LogP contribution in [0.15, 0.2) is 4.42 Å². The average Bonchev–Trinajstić information content (AvgIpc) is 2.68. The predicted molar refractivity (Wildman–Crippen MR) is 62.7 cm³/mol. The molecular weight excluding hydrogens is 234 g/mol. The van der Waals surface area contributed by atoms with Crippen molar-refractivity contribution in [1.82, 2.24) is 10.2 Å². The van der Waals surface area contributed by atoms with E-state index in [2.05, 4.69) is 15.5 Å². The van der Waals surface area contributed by atoms with Gasteiger partial charge in [0.05, 0.1) is 0 Å². The van der Waals surface area contributed by atoms with Crippen LogP contribution in [0, 0.1) is 0 Å². The molecule has 0 aromatic carbocycles. The molecule has 2 heterocycles. The van der Waals surface area contributed by atoms with Crippen molar-refractivity contribution in [2.24, 2.45) is 0 Å². The van der Waals surface area contributed by atoms with Gasteiger partial charge in [-0.05, 0) is 18.6 Å². The Labute approximate surface area is 98.2 Å². The van der Waals surface area contributed by atoms with Crippen molar-refractivity contribution in [1.29, 1.82) is 0 Å². The van der Waals surface area contributed by atoms with Crippen molar-refractivity contribution >= 4 is 29.4 Å². The molecule has 0 aliphatic carbocycles. The molecule has 1 aliphatic rings. The standard InChI is InChI=1S/C9H14ClN3OS/c10-4-3-8-12-13-9(14-8)11-7-2-1-5-15-6-7/h7H,1-6H2,(H,11,13). The van der Waals surface area contributed by atoms with Crippen molar-refractivity contribution in [3.05, 3.63) is 5.89 Å². The molecule has 1 aromatic heterocycles. The maximum absolute atomic E-state index is 5.59. The minimum Gasteiger partial charge on any atom is -0.408 e. The number of thioether (sulfide) groups is 1. The lowest BCUT2D eigenvalue weighted by Crippen LogP contribution is -2.25. The highest BCUT2D eigenvalue weighted by molar-refractivity contribution is 7.99. The zero-order valence-electron chi connectivity index (χ0n) is 8.41. The van der Waals surface area contributed by atoms with Crippen LogP contribution in [0.5, 0.6) is 0 Å². The fourth-order valence-corrected chi connectivity index (χ4v) is 2.76. The van der Waals surface area contributed by atoms with E-state index >= 15 is 0 Å². The SMILES string of the molecule is ClCCc1nnc(NC2CCCSC2)o1. The summed E-state index contributed by atoms with van der Waals surface area (Å²) in [5.74, 6) is 3.50. The van der Waals surface area contributed by atoms with Gasteiger partial charge in [-0.25, -0.2) is 0 Å². The maximum atomic E-state index is 5.59. The van der Waals surface area contributed by atoms with E-state index in [-0.39, 0.29) is 0 Å². The molecule has 1 fully saturated rings. The second-order valence-electron chi connectivity index (χ2n) is 3.50. The fourth-order valence-electron chi connectivity index (χ4n) is 1.52. The van der Waals surface area contributed by atoms with Gasteiger partial charge >= 0.3 is 6.01 Å². The second kappa shape index (κ2) is 5.61. The first kappa shape index (κ1) is 11.1. The highest BCUT2D eigenvalue weighted by atomic mass is 35.5. The highest BCUT2D eigenvalue weighted by Gasteiger charge is 2.16. The number of hydrogen-bond donors (Lipinski definition) is 1. The molecule has 2 rings (SSSR count). The Morgan fingerprint density at radius 2 is 2.47 bits per heavy atom. The smallest absolute Gasteiger partial charge is 0.315 e. The molecule has 0 saturated carbocycles. The van der Waals surface area contributed by atoms with Crippen LogP contribution in [0.25, 0.3) is 0 Å². The molecule has 1 N–H and O–H groups in total. The first-order valence-corrected chi connectivity index (χ1v) is 6.80. The highest BCUT2D eigenvalue weighted by Crippen LogP contribution is 2.20. The summed E-state index contributed by atoms with van der Waals surface area (Å²) in [7, 11) is 0. The zero-order valence-corrected chi connectivity index (χ0v) is 9.98. The van der Waals surface area contributed by atoms with Gasteiger partial charge in [-0.2, -0.15) is 11.8 Å². The lowest BCUT2D eigenvalue weighted by molar-refractivity contribution is 0.503. The summed E-state index contributed by atoms with van der Waals surface area (Å²) >= 11 is 7.55. The molecule has 1 aromatic rings. The number of alkyl halides is 1. The van der Waals surface area contributed by atoms with Crippen LogP contribution in [-0.4, -0.2) is 33.6 Å². The van der Waals surface area contributed by atoms with Gasteiger partial charge in [0.1, 0.15) is 0 Å². The number of aromatic nitrogens is 2. The van der Waals surface area contributed by atoms with Gasteiger partial charge in [0.15, 0.2) is 0 Å². The van der Waals surface area contributed by atoms with E-state index in [9.17, 15) is 0 Å². The largest absolute Gasteiger partial charge is 0.408 e. The third-order valence-electron chi connectivity index (χ3n) is 2.26. The van der Waals surface area contributed by atoms with E-state index in [0.717, 1.165) is 5.75 Å². The molecule has 15 heavy (non-hydrogen) atoms. The average molecular weight is 248 g/mol. The van der Waals surface area contributed by atoms with Gasteiger partial charge in [0.25, 0.3) is 0 Å². The molecule has 4 nitrogen and oxygen atoms in total. The third-order valence-corrected chi connectivity index (χ3v) is 3.67. The Morgan fingerprint density at radius 3 is 3.20 bits per heavy atom. The van der Waals surface area contributed by atoms with Gasteiger partial charge in [-0.3, -0.25) is 0 Å². The minimum absolute atomic E-state index is 0.466. The topological polar surface area (TPSA) is 51.0 Å². The van der Waals surface area contributed by atoms with Gasteiger partial charge in [0, 0.05) is 24.1 Å². The predicted octanol–water partition coefficient (Wildman–Crippen LogP) is 2.16. The van der Waals surface area contributed by atoms with Crippen molar-refractivity contribution < 1.29 is 4.42 Å². The van der Waals surface area contributed by atoms with Gasteiger partial charge in [-0.1, -0.05) is 5.10 Å². The second-order valence-corrected chi connectivity index (χ2v) is 5.03. The number of nitrogens with zero attached hydrogens (tertiary/aromatic N) is 2. The monoisotopic (exact) mass is 247 g/mol. The number of aryl methyl sites for hydroxylation is 1. The molecule has 0 bridgehead atoms. The van der Waals surface area contributed by atoms with Crippen LogP contribution in [-0.2, 0) is 6.42 Å². The number of halogens is 1.